The maximum atomic E-state index is 13.9. The topological polar surface area (TPSA) is 139 Å². The van der Waals surface area contributed by atoms with Crippen molar-refractivity contribution in [1.29, 1.82) is 5.26 Å². The molecule has 4 atom stereocenters. The molecule has 284 valence electrons. The number of aromatic nitrogens is 3. The van der Waals surface area contributed by atoms with Crippen LogP contribution in [0.5, 0.6) is 0 Å². The standard InChI is InChI=1S/C43H54N8O3/c1-10-27(2)21-35(25-44)46-39(52)26-45-29(4)24-43(41-47-42(54)51(48-41)36-17-11-28(3)12-18-36)37-19-15-31(30(5)49(6)7)22-32(37)13-14-33-23-34(16-20-38(33)43)40(53)50(8)9/h11-12,15-20,22-23,27,29,35,45H,5,10,13-14,21,24,26H2,1-4,6-9H3,(H,46,52)(H,47,48,54)/t27-,29-,35?,43?/m0/s1. The molecule has 2 amide bonds. The molecular formula is C43H54N8O3. The number of nitrogens with one attached hydrogen (secondary N) is 3. The minimum Gasteiger partial charge on any atom is -0.378 e. The van der Waals surface area contributed by atoms with E-state index in [4.69, 9.17) is 5.10 Å². The van der Waals surface area contributed by atoms with Crippen molar-refractivity contribution in [3.63, 3.8) is 0 Å². The fourth-order valence-electron chi connectivity index (χ4n) is 7.38. The highest BCUT2D eigenvalue weighted by Crippen LogP contribution is 2.47. The highest BCUT2D eigenvalue weighted by Gasteiger charge is 2.45. The highest BCUT2D eigenvalue weighted by atomic mass is 16.2. The molecule has 5 rings (SSSR count). The van der Waals surface area contributed by atoms with Gasteiger partial charge in [0.2, 0.25) is 5.91 Å². The van der Waals surface area contributed by atoms with E-state index in [1.165, 1.54) is 4.68 Å². The van der Waals surface area contributed by atoms with Crippen LogP contribution in [0.3, 0.4) is 0 Å². The van der Waals surface area contributed by atoms with Crippen molar-refractivity contribution in [2.45, 2.75) is 77.3 Å². The van der Waals surface area contributed by atoms with Crippen molar-refractivity contribution in [3.8, 4) is 11.8 Å². The lowest BCUT2D eigenvalue weighted by atomic mass is 9.67. The van der Waals surface area contributed by atoms with E-state index in [0.717, 1.165) is 45.5 Å². The van der Waals surface area contributed by atoms with Crippen LogP contribution in [-0.4, -0.2) is 83.2 Å². The Kier molecular flexibility index (Phi) is 12.3. The summed E-state index contributed by atoms with van der Waals surface area (Å²) in [5, 5.41) is 21.1. The summed E-state index contributed by atoms with van der Waals surface area (Å²) in [5.41, 5.74) is 6.69. The normalized spacial score (nSPS) is 16.5. The molecule has 1 aliphatic carbocycles. The molecule has 0 saturated heterocycles. The van der Waals surface area contributed by atoms with Gasteiger partial charge in [-0.05, 0) is 104 Å². The van der Waals surface area contributed by atoms with Gasteiger partial charge in [0.1, 0.15) is 11.9 Å². The Morgan fingerprint density at radius 2 is 1.59 bits per heavy atom. The van der Waals surface area contributed by atoms with Gasteiger partial charge in [0.15, 0.2) is 0 Å². The number of benzene rings is 3. The molecule has 0 spiro atoms. The molecule has 3 aromatic carbocycles. The van der Waals surface area contributed by atoms with E-state index in [-0.39, 0.29) is 30.1 Å². The molecular weight excluding hydrogens is 677 g/mol. The molecule has 11 heteroatoms. The zero-order valence-corrected chi connectivity index (χ0v) is 32.9. The van der Waals surface area contributed by atoms with Crippen LogP contribution in [0.1, 0.15) is 89.6 Å². The van der Waals surface area contributed by atoms with E-state index >= 15 is 0 Å². The summed E-state index contributed by atoms with van der Waals surface area (Å²) in [4.78, 5) is 47.0. The number of amides is 2. The van der Waals surface area contributed by atoms with Crippen LogP contribution in [0.4, 0.5) is 0 Å². The third-order valence-electron chi connectivity index (χ3n) is 10.7. The number of hydrogen-bond acceptors (Lipinski definition) is 7. The van der Waals surface area contributed by atoms with Gasteiger partial charge in [-0.25, -0.2) is 4.79 Å². The van der Waals surface area contributed by atoms with Gasteiger partial charge in [-0.3, -0.25) is 14.6 Å². The molecule has 11 nitrogen and oxygen atoms in total. The Morgan fingerprint density at radius 3 is 2.17 bits per heavy atom. The first-order valence-electron chi connectivity index (χ1n) is 18.7. The Labute approximate surface area is 319 Å². The second-order valence-corrected chi connectivity index (χ2v) is 15.2. The number of nitriles is 1. The van der Waals surface area contributed by atoms with Crippen molar-refractivity contribution in [1.82, 2.24) is 35.2 Å². The van der Waals surface area contributed by atoms with Crippen LogP contribution in [0.2, 0.25) is 0 Å². The quantitative estimate of drug-likeness (QED) is 0.159. The number of H-pyrrole nitrogens is 1. The lowest BCUT2D eigenvalue weighted by Gasteiger charge is -2.37. The zero-order chi connectivity index (χ0) is 39.3. The summed E-state index contributed by atoms with van der Waals surface area (Å²) in [6.07, 6.45) is 3.24. The molecule has 0 radical (unpaired) electrons. The minimum atomic E-state index is -1.01. The predicted octanol–water partition coefficient (Wildman–Crippen LogP) is 5.35. The summed E-state index contributed by atoms with van der Waals surface area (Å²) in [6.45, 7) is 12.5. The molecule has 0 saturated carbocycles. The van der Waals surface area contributed by atoms with E-state index in [1.54, 1.807) is 19.0 Å². The third kappa shape index (κ3) is 8.34. The van der Waals surface area contributed by atoms with Gasteiger partial charge in [0.05, 0.1) is 23.7 Å². The van der Waals surface area contributed by atoms with E-state index in [2.05, 4.69) is 60.3 Å². The minimum absolute atomic E-state index is 0.00183. The van der Waals surface area contributed by atoms with Crippen LogP contribution < -0.4 is 16.3 Å². The van der Waals surface area contributed by atoms with E-state index < -0.39 is 11.5 Å². The maximum absolute atomic E-state index is 13.9. The van der Waals surface area contributed by atoms with E-state index in [9.17, 15) is 19.6 Å². The summed E-state index contributed by atoms with van der Waals surface area (Å²) in [7, 11) is 7.41. The highest BCUT2D eigenvalue weighted by molar-refractivity contribution is 5.94. The zero-order valence-electron chi connectivity index (χ0n) is 32.9. The maximum Gasteiger partial charge on any atom is 0.348 e. The number of aryl methyl sites for hydroxylation is 3. The predicted molar refractivity (Wildman–Crippen MR) is 214 cm³/mol. The number of hydrogen-bond donors (Lipinski definition) is 3. The molecule has 54 heavy (non-hydrogen) atoms. The van der Waals surface area contributed by atoms with Gasteiger partial charge < -0.3 is 20.4 Å². The first-order chi connectivity index (χ1) is 25.7. The first kappa shape index (κ1) is 39.7. The van der Waals surface area contributed by atoms with Crippen LogP contribution in [0.25, 0.3) is 11.4 Å². The Bertz CT molecular complexity index is 2030. The fourth-order valence-corrected chi connectivity index (χ4v) is 7.38. The van der Waals surface area contributed by atoms with Crippen molar-refractivity contribution >= 4 is 17.5 Å². The van der Waals surface area contributed by atoms with E-state index in [1.807, 2.05) is 75.3 Å². The largest absolute Gasteiger partial charge is 0.378 e. The molecule has 4 aromatic rings. The van der Waals surface area contributed by atoms with Gasteiger partial charge in [0.25, 0.3) is 5.91 Å². The Hall–Kier alpha value is -5.47. The molecule has 2 unspecified atom stereocenters. The first-order valence-corrected chi connectivity index (χ1v) is 18.7. The average Bonchev–Trinajstić information content (AvgIpc) is 3.49. The molecule has 0 bridgehead atoms. The Balaban J connectivity index is 1.68. The van der Waals surface area contributed by atoms with Crippen LogP contribution in [0.15, 0.2) is 72.0 Å². The van der Waals surface area contributed by atoms with Crippen molar-refractivity contribution in [2.24, 2.45) is 5.92 Å². The lowest BCUT2D eigenvalue weighted by Crippen LogP contribution is -2.45. The number of aromatic amines is 1. The number of carbonyl (C=O) groups is 2. The number of rotatable bonds is 14. The summed E-state index contributed by atoms with van der Waals surface area (Å²) in [5.74, 6) is 0.405. The molecule has 3 N–H and O–H groups in total. The average molecular weight is 731 g/mol. The third-order valence-corrected chi connectivity index (χ3v) is 10.7. The second kappa shape index (κ2) is 16.7. The number of fused-ring (bicyclic) bond motifs is 2. The number of carbonyl (C=O) groups excluding carboxylic acids is 2. The van der Waals surface area contributed by atoms with Crippen molar-refractivity contribution < 1.29 is 9.59 Å². The van der Waals surface area contributed by atoms with Gasteiger partial charge >= 0.3 is 5.69 Å². The lowest BCUT2D eigenvalue weighted by molar-refractivity contribution is -0.120. The Morgan fingerprint density at radius 1 is 0.981 bits per heavy atom. The van der Waals surface area contributed by atoms with E-state index in [0.29, 0.717) is 48.7 Å². The number of nitrogens with zero attached hydrogens (tertiary/aromatic N) is 5. The van der Waals surface area contributed by atoms with Crippen molar-refractivity contribution in [3.05, 3.63) is 122 Å². The second-order valence-electron chi connectivity index (χ2n) is 15.2. The van der Waals surface area contributed by atoms with Gasteiger partial charge in [-0.2, -0.15) is 9.94 Å². The fraction of sp³-hybridized carbons (Fsp3) is 0.419. The van der Waals surface area contributed by atoms with Crippen LogP contribution >= 0.6 is 0 Å². The molecule has 1 heterocycles. The summed E-state index contributed by atoms with van der Waals surface area (Å²) in [6, 6.07) is 21.2. The smallest absolute Gasteiger partial charge is 0.348 e. The SMILES string of the molecule is C=C(c1ccc2c(c1)CCc1cc(C(=O)N(C)C)ccc1C2(C[C@H](C)NCC(=O)NC(C#N)C[C@@H](C)CC)c1nn(-c2ccc(C)cc2)c(=O)[nH]1)N(C)C. The van der Waals surface area contributed by atoms with Crippen molar-refractivity contribution in [2.75, 3.05) is 34.7 Å². The molecule has 0 fully saturated rings. The molecule has 1 aliphatic rings. The molecule has 1 aromatic heterocycles. The van der Waals surface area contributed by atoms with Gasteiger partial charge in [-0.1, -0.05) is 62.7 Å². The van der Waals surface area contributed by atoms with Crippen LogP contribution in [0, 0.1) is 24.2 Å². The van der Waals surface area contributed by atoms with Gasteiger partial charge in [0, 0.05) is 45.5 Å². The monoisotopic (exact) mass is 730 g/mol. The summed E-state index contributed by atoms with van der Waals surface area (Å²) >= 11 is 0. The van der Waals surface area contributed by atoms with Crippen LogP contribution in [-0.2, 0) is 23.1 Å². The molecule has 0 aliphatic heterocycles. The summed E-state index contributed by atoms with van der Waals surface area (Å²) < 4.78 is 1.40. The van der Waals surface area contributed by atoms with Gasteiger partial charge in [-0.15, -0.1) is 5.10 Å².